The molecule has 1 atom stereocenters. The zero-order valence-electron chi connectivity index (χ0n) is 15.0. The van der Waals surface area contributed by atoms with Crippen LogP contribution in [0.4, 0.5) is 18.9 Å². The van der Waals surface area contributed by atoms with Gasteiger partial charge in [0.25, 0.3) is 0 Å². The minimum atomic E-state index is -4.61. The van der Waals surface area contributed by atoms with Gasteiger partial charge < -0.3 is 5.32 Å². The number of thiophene rings is 2. The lowest BCUT2D eigenvalue weighted by molar-refractivity contribution is -0.137. The fourth-order valence-corrected chi connectivity index (χ4v) is 5.57. The SMILES string of the molecule is O=C(CN1CCc2sccc2[C@@H]1c1cccs1)Nc1c(Cl)cccc1C(F)(F)F. The molecular weight excluding hydrogens is 441 g/mol. The molecule has 1 aliphatic rings. The van der Waals surface area contributed by atoms with Crippen LogP contribution in [0.15, 0.2) is 47.2 Å². The largest absolute Gasteiger partial charge is 0.418 e. The number of benzene rings is 1. The number of fused-ring (bicyclic) bond motifs is 1. The van der Waals surface area contributed by atoms with Crippen LogP contribution in [0.2, 0.25) is 5.02 Å². The molecule has 1 aromatic carbocycles. The van der Waals surface area contributed by atoms with Crippen LogP contribution in [-0.2, 0) is 17.4 Å². The summed E-state index contributed by atoms with van der Waals surface area (Å²) in [5.41, 5.74) is -0.190. The maximum absolute atomic E-state index is 13.3. The van der Waals surface area contributed by atoms with Gasteiger partial charge in [0.1, 0.15) is 0 Å². The summed E-state index contributed by atoms with van der Waals surface area (Å²) in [5.74, 6) is -0.524. The van der Waals surface area contributed by atoms with E-state index in [9.17, 15) is 18.0 Å². The number of alkyl halides is 3. The van der Waals surface area contributed by atoms with Gasteiger partial charge >= 0.3 is 6.18 Å². The van der Waals surface area contributed by atoms with Gasteiger partial charge in [-0.25, -0.2) is 0 Å². The second kappa shape index (κ2) is 8.10. The zero-order chi connectivity index (χ0) is 20.6. The molecule has 0 saturated carbocycles. The maximum Gasteiger partial charge on any atom is 0.418 e. The Hall–Kier alpha value is -1.87. The Balaban J connectivity index is 1.58. The monoisotopic (exact) mass is 456 g/mol. The highest BCUT2D eigenvalue weighted by molar-refractivity contribution is 7.10. The summed E-state index contributed by atoms with van der Waals surface area (Å²) in [6, 6.07) is 9.42. The molecule has 0 unspecified atom stereocenters. The van der Waals surface area contributed by atoms with E-state index in [0.717, 1.165) is 22.9 Å². The molecule has 1 aliphatic heterocycles. The Morgan fingerprint density at radius 2 is 2.00 bits per heavy atom. The van der Waals surface area contributed by atoms with Crippen LogP contribution >= 0.6 is 34.3 Å². The minimum Gasteiger partial charge on any atom is -0.323 e. The second-order valence-corrected chi connectivity index (χ2v) is 9.03. The fraction of sp³-hybridized carbons (Fsp3) is 0.250. The number of rotatable bonds is 4. The highest BCUT2D eigenvalue weighted by Crippen LogP contribution is 2.40. The first-order chi connectivity index (χ1) is 13.8. The van der Waals surface area contributed by atoms with Crippen molar-refractivity contribution in [3.63, 3.8) is 0 Å². The predicted molar refractivity (Wildman–Crippen MR) is 111 cm³/mol. The predicted octanol–water partition coefficient (Wildman–Crippen LogP) is 6.07. The summed E-state index contributed by atoms with van der Waals surface area (Å²) in [4.78, 5) is 17.1. The molecular formula is C20H16ClF3N2OS2. The molecule has 0 radical (unpaired) electrons. The van der Waals surface area contributed by atoms with Gasteiger partial charge in [-0.05, 0) is 47.0 Å². The molecule has 0 aliphatic carbocycles. The summed E-state index contributed by atoms with van der Waals surface area (Å²) >= 11 is 9.25. The molecule has 0 saturated heterocycles. The van der Waals surface area contributed by atoms with Gasteiger partial charge in [-0.15, -0.1) is 22.7 Å². The topological polar surface area (TPSA) is 32.3 Å². The number of carbonyl (C=O) groups is 1. The lowest BCUT2D eigenvalue weighted by Crippen LogP contribution is -2.40. The van der Waals surface area contributed by atoms with Gasteiger partial charge in [-0.1, -0.05) is 23.7 Å². The molecule has 2 aromatic heterocycles. The van der Waals surface area contributed by atoms with Crippen LogP contribution in [0.1, 0.15) is 26.9 Å². The molecule has 1 amide bonds. The van der Waals surface area contributed by atoms with Crippen molar-refractivity contribution in [1.29, 1.82) is 0 Å². The normalized spacial score (nSPS) is 17.2. The highest BCUT2D eigenvalue weighted by atomic mass is 35.5. The van der Waals surface area contributed by atoms with E-state index in [0.29, 0.717) is 6.54 Å². The number of para-hydroxylation sites is 1. The van der Waals surface area contributed by atoms with E-state index in [4.69, 9.17) is 11.6 Å². The summed E-state index contributed by atoms with van der Waals surface area (Å²) in [5, 5.41) is 6.27. The van der Waals surface area contributed by atoms with Crippen LogP contribution in [0.3, 0.4) is 0 Å². The number of anilines is 1. The van der Waals surface area contributed by atoms with Gasteiger partial charge in [-0.2, -0.15) is 13.2 Å². The molecule has 3 nitrogen and oxygen atoms in total. The molecule has 29 heavy (non-hydrogen) atoms. The molecule has 4 rings (SSSR count). The average molecular weight is 457 g/mol. The number of nitrogens with one attached hydrogen (secondary N) is 1. The van der Waals surface area contributed by atoms with Crippen molar-refractivity contribution in [3.05, 3.63) is 73.1 Å². The number of halogens is 4. The average Bonchev–Trinajstić information content (AvgIpc) is 3.33. The van der Waals surface area contributed by atoms with E-state index < -0.39 is 23.3 Å². The molecule has 0 fully saturated rings. The standard InChI is InChI=1S/C20H16ClF3N2OS2/c21-14-4-1-3-13(20(22,23)24)18(14)25-17(27)11-26-8-6-15-12(7-10-29-15)19(26)16-5-2-9-28-16/h1-5,7,9-10,19H,6,8,11H2,(H,25,27)/t19-/m1/s1. The Bertz CT molecular complexity index is 1020. The van der Waals surface area contributed by atoms with Crippen LogP contribution in [0, 0.1) is 0 Å². The first-order valence-corrected chi connectivity index (χ1v) is 11.0. The number of hydrogen-bond donors (Lipinski definition) is 1. The van der Waals surface area contributed by atoms with Gasteiger partial charge in [-0.3, -0.25) is 9.69 Å². The summed E-state index contributed by atoms with van der Waals surface area (Å²) in [7, 11) is 0. The Kier molecular flexibility index (Phi) is 5.70. The van der Waals surface area contributed by atoms with E-state index in [1.807, 2.05) is 27.8 Å². The quantitative estimate of drug-likeness (QED) is 0.517. The zero-order valence-corrected chi connectivity index (χ0v) is 17.4. The lowest BCUT2D eigenvalue weighted by atomic mass is 9.98. The first-order valence-electron chi connectivity index (χ1n) is 8.84. The second-order valence-electron chi connectivity index (χ2n) is 6.65. The Morgan fingerprint density at radius 1 is 1.17 bits per heavy atom. The lowest BCUT2D eigenvalue weighted by Gasteiger charge is -2.35. The van der Waals surface area contributed by atoms with E-state index in [-0.39, 0.29) is 17.6 Å². The Labute approximate surface area is 178 Å². The summed E-state index contributed by atoms with van der Waals surface area (Å²) < 4.78 is 39.9. The van der Waals surface area contributed by atoms with E-state index in [2.05, 4.69) is 11.4 Å². The third-order valence-corrected chi connectivity index (χ3v) is 7.04. The Morgan fingerprint density at radius 3 is 2.72 bits per heavy atom. The number of amides is 1. The van der Waals surface area contributed by atoms with Crippen LogP contribution in [0.5, 0.6) is 0 Å². The maximum atomic E-state index is 13.3. The van der Waals surface area contributed by atoms with Crippen LogP contribution in [0.25, 0.3) is 0 Å². The third kappa shape index (κ3) is 4.21. The van der Waals surface area contributed by atoms with Gasteiger partial charge in [0.15, 0.2) is 0 Å². The third-order valence-electron chi connectivity index (χ3n) is 4.81. The molecule has 1 N–H and O–H groups in total. The van der Waals surface area contributed by atoms with Crippen molar-refractivity contribution in [2.75, 3.05) is 18.4 Å². The van der Waals surface area contributed by atoms with Gasteiger partial charge in [0.2, 0.25) is 5.91 Å². The van der Waals surface area contributed by atoms with Crippen molar-refractivity contribution < 1.29 is 18.0 Å². The van der Waals surface area contributed by atoms with Crippen molar-refractivity contribution in [2.45, 2.75) is 18.6 Å². The molecule has 0 spiro atoms. The first kappa shape index (κ1) is 20.4. The fourth-order valence-electron chi connectivity index (χ4n) is 3.57. The van der Waals surface area contributed by atoms with Crippen molar-refractivity contribution in [1.82, 2.24) is 4.90 Å². The van der Waals surface area contributed by atoms with E-state index in [1.165, 1.54) is 17.0 Å². The highest BCUT2D eigenvalue weighted by Gasteiger charge is 2.36. The number of nitrogens with zero attached hydrogens (tertiary/aromatic N) is 1. The molecule has 3 heterocycles. The van der Waals surface area contributed by atoms with E-state index >= 15 is 0 Å². The molecule has 152 valence electrons. The van der Waals surface area contributed by atoms with Crippen LogP contribution in [-0.4, -0.2) is 23.9 Å². The van der Waals surface area contributed by atoms with Crippen molar-refractivity contribution in [3.8, 4) is 0 Å². The summed E-state index contributed by atoms with van der Waals surface area (Å²) in [6.45, 7) is 0.624. The van der Waals surface area contributed by atoms with E-state index in [1.54, 1.807) is 22.7 Å². The number of carbonyl (C=O) groups excluding carboxylic acids is 1. The number of hydrogen-bond acceptors (Lipinski definition) is 4. The molecule has 9 heteroatoms. The van der Waals surface area contributed by atoms with Gasteiger partial charge in [0, 0.05) is 16.3 Å². The van der Waals surface area contributed by atoms with Crippen LogP contribution < -0.4 is 5.32 Å². The minimum absolute atomic E-state index is 0.0274. The smallest absolute Gasteiger partial charge is 0.323 e. The van der Waals surface area contributed by atoms with Crippen molar-refractivity contribution in [2.24, 2.45) is 0 Å². The molecule has 0 bridgehead atoms. The molecule has 3 aromatic rings. The van der Waals surface area contributed by atoms with Crippen molar-refractivity contribution >= 4 is 45.9 Å². The summed E-state index contributed by atoms with van der Waals surface area (Å²) in [6.07, 6.45) is -3.80. The van der Waals surface area contributed by atoms with Gasteiger partial charge in [0.05, 0.1) is 28.9 Å².